The first-order valence-electron chi connectivity index (χ1n) is 9.84. The van der Waals surface area contributed by atoms with Gasteiger partial charge in [0.1, 0.15) is 5.75 Å². The van der Waals surface area contributed by atoms with Crippen LogP contribution in [0.1, 0.15) is 46.5 Å². The maximum Gasteiger partial charge on any atom is 0.210 e. The Morgan fingerprint density at radius 1 is 1.11 bits per heavy atom. The number of tetrazole rings is 1. The molecule has 1 aliphatic rings. The van der Waals surface area contributed by atoms with E-state index in [1.165, 1.54) is 5.69 Å². The van der Waals surface area contributed by atoms with Gasteiger partial charge in [-0.3, -0.25) is 0 Å². The lowest BCUT2D eigenvalue weighted by molar-refractivity contribution is -0.937. The summed E-state index contributed by atoms with van der Waals surface area (Å²) >= 11 is 0. The summed E-state index contributed by atoms with van der Waals surface area (Å²) in [6, 6.07) is 8.56. The molecule has 2 heterocycles. The summed E-state index contributed by atoms with van der Waals surface area (Å²) in [6.07, 6.45) is 0. The van der Waals surface area contributed by atoms with Crippen LogP contribution in [0, 0.1) is 5.92 Å². The molecule has 7 heteroatoms. The molecule has 2 aromatic rings. The predicted octanol–water partition coefficient (Wildman–Crippen LogP) is 1.54. The molecule has 1 aromatic heterocycles. The monoisotopic (exact) mass is 373 g/mol. The number of quaternary nitrogens is 1. The number of benzene rings is 1. The van der Waals surface area contributed by atoms with Gasteiger partial charge in [-0.05, 0) is 43.3 Å². The number of hydrogen-bond donors (Lipinski definition) is 1. The van der Waals surface area contributed by atoms with E-state index < -0.39 is 0 Å². The molecular formula is C20H33N6O+. The normalized spacial score (nSPS) is 17.4. The highest BCUT2D eigenvalue weighted by Gasteiger charge is 2.37. The van der Waals surface area contributed by atoms with Crippen molar-refractivity contribution in [3.05, 3.63) is 30.1 Å². The maximum absolute atomic E-state index is 5.54. The van der Waals surface area contributed by atoms with Gasteiger partial charge in [-0.25, -0.2) is 4.68 Å². The van der Waals surface area contributed by atoms with Crippen molar-refractivity contribution in [2.75, 3.05) is 38.2 Å². The van der Waals surface area contributed by atoms with Crippen molar-refractivity contribution in [2.45, 2.75) is 46.2 Å². The Bertz CT molecular complexity index is 743. The third-order valence-electron chi connectivity index (χ3n) is 5.35. The van der Waals surface area contributed by atoms with E-state index in [1.807, 2.05) is 16.8 Å². The van der Waals surface area contributed by atoms with E-state index in [0.29, 0.717) is 12.0 Å². The summed E-state index contributed by atoms with van der Waals surface area (Å²) in [6.45, 7) is 15.1. The van der Waals surface area contributed by atoms with E-state index >= 15 is 0 Å². The van der Waals surface area contributed by atoms with Gasteiger partial charge in [-0.15, -0.1) is 5.10 Å². The summed E-state index contributed by atoms with van der Waals surface area (Å²) in [4.78, 5) is 3.98. The second-order valence-corrected chi connectivity index (χ2v) is 8.66. The molecule has 0 aliphatic carbocycles. The van der Waals surface area contributed by atoms with E-state index in [1.54, 1.807) is 12.0 Å². The molecule has 1 N–H and O–H groups in total. The molecule has 0 amide bonds. The van der Waals surface area contributed by atoms with Crippen molar-refractivity contribution in [1.29, 1.82) is 0 Å². The first-order valence-corrected chi connectivity index (χ1v) is 9.84. The molecule has 1 saturated heterocycles. The van der Waals surface area contributed by atoms with Crippen LogP contribution in [0.15, 0.2) is 24.3 Å². The SMILES string of the molecule is COc1ccccc1N1CC[NH+]([C@@H](c2nnnn2C(C)(C)C)C(C)C)CC1. The standard InChI is InChI=1S/C20H32N6O/c1-15(2)18(19-21-22-23-26(19)20(3,4)5)25-13-11-24(12-14-25)16-9-7-8-10-17(16)27-6/h7-10,15,18H,11-14H2,1-6H3/p+1/t18-/m1/s1. The van der Waals surface area contributed by atoms with Gasteiger partial charge in [0.15, 0.2) is 6.04 Å². The number of para-hydroxylation sites is 2. The second kappa shape index (κ2) is 7.84. The largest absolute Gasteiger partial charge is 0.495 e. The molecule has 3 rings (SSSR count). The average molecular weight is 374 g/mol. The van der Waals surface area contributed by atoms with Gasteiger partial charge in [0, 0.05) is 5.92 Å². The molecule has 1 aliphatic heterocycles. The van der Waals surface area contributed by atoms with E-state index in [4.69, 9.17) is 4.74 Å². The highest BCUT2D eigenvalue weighted by molar-refractivity contribution is 5.58. The Morgan fingerprint density at radius 2 is 1.78 bits per heavy atom. The van der Waals surface area contributed by atoms with Gasteiger partial charge in [-0.1, -0.05) is 26.0 Å². The van der Waals surface area contributed by atoms with Crippen molar-refractivity contribution < 1.29 is 9.64 Å². The number of ether oxygens (including phenoxy) is 1. The zero-order chi connectivity index (χ0) is 19.6. The second-order valence-electron chi connectivity index (χ2n) is 8.66. The van der Waals surface area contributed by atoms with Gasteiger partial charge in [0.05, 0.1) is 44.5 Å². The third kappa shape index (κ3) is 4.08. The minimum absolute atomic E-state index is 0.120. The van der Waals surface area contributed by atoms with Gasteiger partial charge < -0.3 is 14.5 Å². The van der Waals surface area contributed by atoms with Crippen molar-refractivity contribution >= 4 is 5.69 Å². The van der Waals surface area contributed by atoms with Gasteiger partial charge >= 0.3 is 0 Å². The summed E-state index contributed by atoms with van der Waals surface area (Å²) in [5.41, 5.74) is 1.06. The average Bonchev–Trinajstić information content (AvgIpc) is 3.12. The number of piperazine rings is 1. The molecule has 0 radical (unpaired) electrons. The van der Waals surface area contributed by atoms with E-state index in [9.17, 15) is 0 Å². The van der Waals surface area contributed by atoms with Crippen LogP contribution in [0.25, 0.3) is 0 Å². The van der Waals surface area contributed by atoms with Crippen LogP contribution in [-0.4, -0.2) is 53.5 Å². The lowest BCUT2D eigenvalue weighted by atomic mass is 9.99. The molecule has 0 saturated carbocycles. The number of methoxy groups -OCH3 is 1. The Morgan fingerprint density at radius 3 is 2.37 bits per heavy atom. The van der Waals surface area contributed by atoms with Crippen LogP contribution in [0.3, 0.4) is 0 Å². The first kappa shape index (κ1) is 19.6. The molecule has 1 atom stereocenters. The fraction of sp³-hybridized carbons (Fsp3) is 0.650. The molecule has 27 heavy (non-hydrogen) atoms. The quantitative estimate of drug-likeness (QED) is 0.861. The topological polar surface area (TPSA) is 60.5 Å². The lowest BCUT2D eigenvalue weighted by Crippen LogP contribution is -3.15. The van der Waals surface area contributed by atoms with Crippen molar-refractivity contribution in [3.8, 4) is 5.75 Å². The lowest BCUT2D eigenvalue weighted by Gasteiger charge is -2.39. The molecular weight excluding hydrogens is 340 g/mol. The zero-order valence-electron chi connectivity index (χ0n) is 17.4. The number of aromatic nitrogens is 4. The maximum atomic E-state index is 5.54. The fourth-order valence-corrected chi connectivity index (χ4v) is 4.05. The molecule has 1 fully saturated rings. The van der Waals surface area contributed by atoms with E-state index in [2.05, 4.69) is 67.2 Å². The van der Waals surface area contributed by atoms with Crippen molar-refractivity contribution in [1.82, 2.24) is 20.2 Å². The zero-order valence-corrected chi connectivity index (χ0v) is 17.4. The summed E-state index contributed by atoms with van der Waals surface area (Å²) in [7, 11) is 1.74. The van der Waals surface area contributed by atoms with Crippen LogP contribution in [0.5, 0.6) is 5.75 Å². The van der Waals surface area contributed by atoms with Gasteiger partial charge in [-0.2, -0.15) is 0 Å². The van der Waals surface area contributed by atoms with Crippen LogP contribution >= 0.6 is 0 Å². The fourth-order valence-electron chi connectivity index (χ4n) is 4.05. The minimum atomic E-state index is -0.120. The highest BCUT2D eigenvalue weighted by Crippen LogP contribution is 2.28. The number of hydrogen-bond acceptors (Lipinski definition) is 5. The number of anilines is 1. The molecule has 0 bridgehead atoms. The Balaban J connectivity index is 1.78. The van der Waals surface area contributed by atoms with Crippen LogP contribution in [-0.2, 0) is 5.54 Å². The summed E-state index contributed by atoms with van der Waals surface area (Å²) in [5.74, 6) is 2.40. The van der Waals surface area contributed by atoms with Crippen LogP contribution < -0.4 is 14.5 Å². The number of nitrogens with one attached hydrogen (secondary N) is 1. The minimum Gasteiger partial charge on any atom is -0.495 e. The number of rotatable bonds is 5. The Hall–Kier alpha value is -2.15. The molecule has 1 aromatic carbocycles. The van der Waals surface area contributed by atoms with E-state index in [0.717, 1.165) is 37.8 Å². The van der Waals surface area contributed by atoms with E-state index in [-0.39, 0.29) is 5.54 Å². The summed E-state index contributed by atoms with van der Waals surface area (Å²) < 4.78 is 7.54. The van der Waals surface area contributed by atoms with Crippen molar-refractivity contribution in [2.24, 2.45) is 5.92 Å². The highest BCUT2D eigenvalue weighted by atomic mass is 16.5. The van der Waals surface area contributed by atoms with Crippen LogP contribution in [0.4, 0.5) is 5.69 Å². The summed E-state index contributed by atoms with van der Waals surface area (Å²) in [5, 5.41) is 12.7. The molecule has 148 valence electrons. The smallest absolute Gasteiger partial charge is 0.210 e. The molecule has 7 nitrogen and oxygen atoms in total. The third-order valence-corrected chi connectivity index (χ3v) is 5.35. The molecule has 0 spiro atoms. The molecule has 0 unspecified atom stereocenters. The Kier molecular flexibility index (Phi) is 5.69. The van der Waals surface area contributed by atoms with Crippen LogP contribution in [0.2, 0.25) is 0 Å². The van der Waals surface area contributed by atoms with Gasteiger partial charge in [0.25, 0.3) is 0 Å². The Labute approximate surface area is 162 Å². The predicted molar refractivity (Wildman–Crippen MR) is 106 cm³/mol. The first-order chi connectivity index (χ1) is 12.8. The number of nitrogens with zero attached hydrogens (tertiary/aromatic N) is 5. The van der Waals surface area contributed by atoms with Gasteiger partial charge in [0.2, 0.25) is 5.82 Å². The van der Waals surface area contributed by atoms with Crippen molar-refractivity contribution in [3.63, 3.8) is 0 Å².